The van der Waals surface area contributed by atoms with Crippen LogP contribution in [0.2, 0.25) is 0 Å². The van der Waals surface area contributed by atoms with Crippen LogP contribution >= 0.6 is 0 Å². The minimum Gasteiger partial charge on any atom is -0.481 e. The van der Waals surface area contributed by atoms with Crippen molar-refractivity contribution in [3.8, 4) is 0 Å². The third-order valence-electron chi connectivity index (χ3n) is 3.73. The molecule has 0 aliphatic heterocycles. The van der Waals surface area contributed by atoms with E-state index in [1.165, 1.54) is 25.7 Å². The van der Waals surface area contributed by atoms with Gasteiger partial charge in [0.1, 0.15) is 0 Å². The molecule has 22 heavy (non-hydrogen) atoms. The predicted octanol–water partition coefficient (Wildman–Crippen LogP) is 5.08. The van der Waals surface area contributed by atoms with Gasteiger partial charge in [-0.05, 0) is 32.1 Å². The van der Waals surface area contributed by atoms with Gasteiger partial charge in [0.05, 0.1) is 6.10 Å². The van der Waals surface area contributed by atoms with Crippen molar-refractivity contribution in [3.05, 3.63) is 12.2 Å². The molecule has 0 saturated heterocycles. The Labute approximate surface area is 147 Å². The summed E-state index contributed by atoms with van der Waals surface area (Å²) in [5, 5.41) is 18.3. The van der Waals surface area contributed by atoms with Gasteiger partial charge in [0.2, 0.25) is 0 Å². The van der Waals surface area contributed by atoms with Gasteiger partial charge in [0, 0.05) is 23.5 Å². The number of aliphatic hydroxyl groups excluding tert-OH is 1. The molecule has 0 aromatic carbocycles. The zero-order chi connectivity index (χ0) is 15.8. The summed E-state index contributed by atoms with van der Waals surface area (Å²) in [6, 6.07) is 0. The van der Waals surface area contributed by atoms with E-state index in [9.17, 15) is 9.90 Å². The fraction of sp³-hybridized carbons (Fsp3) is 0.833. The number of carboxylic acid groups (broad SMARTS) is 1. The zero-order valence-electron chi connectivity index (χ0n) is 14.1. The number of allylic oxidation sites excluding steroid dienone is 1. The Morgan fingerprint density at radius 1 is 0.955 bits per heavy atom. The van der Waals surface area contributed by atoms with Crippen LogP contribution in [0.4, 0.5) is 0 Å². The summed E-state index contributed by atoms with van der Waals surface area (Å²) in [4.78, 5) is 10.3. The summed E-state index contributed by atoms with van der Waals surface area (Å²) in [5.74, 6) is -0.689. The molecular weight excluding hydrogens is 319 g/mol. The Bertz CT molecular complexity index is 267. The Morgan fingerprint density at radius 2 is 1.59 bits per heavy atom. The average molecular weight is 353 g/mol. The first kappa shape index (κ1) is 23.9. The summed E-state index contributed by atoms with van der Waals surface area (Å²) in [6.45, 7) is 2.20. The first-order valence-electron chi connectivity index (χ1n) is 8.71. The number of hydrogen-bond acceptors (Lipinski definition) is 2. The second kappa shape index (κ2) is 18.7. The third-order valence-corrected chi connectivity index (χ3v) is 3.73. The van der Waals surface area contributed by atoms with Crippen molar-refractivity contribution in [2.24, 2.45) is 0 Å². The minimum absolute atomic E-state index is 0. The van der Waals surface area contributed by atoms with Gasteiger partial charge in [-0.2, -0.15) is 0 Å². The van der Waals surface area contributed by atoms with E-state index in [1.807, 2.05) is 0 Å². The van der Waals surface area contributed by atoms with Gasteiger partial charge in [-0.1, -0.05) is 64.0 Å². The summed E-state index contributed by atoms with van der Waals surface area (Å²) in [6.07, 6.45) is 17.4. The van der Waals surface area contributed by atoms with Crippen molar-refractivity contribution in [1.82, 2.24) is 0 Å². The van der Waals surface area contributed by atoms with Crippen LogP contribution in [0.5, 0.6) is 0 Å². The molecule has 3 nitrogen and oxygen atoms in total. The standard InChI is InChI=1S/C18H34O3.Mn/c1-2-3-4-11-14-17(19)15-12-9-7-5-6-8-10-13-16-18(20)21;/h9,12,17,19H,2-8,10-11,13-16H2,1H3,(H,20,21);/b12-9-;/t17-;/m1./s1. The number of rotatable bonds is 15. The van der Waals surface area contributed by atoms with Gasteiger partial charge in [-0.15, -0.1) is 0 Å². The smallest absolute Gasteiger partial charge is 0.303 e. The molecular formula is C18H34MnO3. The van der Waals surface area contributed by atoms with E-state index in [0.717, 1.165) is 51.4 Å². The summed E-state index contributed by atoms with van der Waals surface area (Å²) >= 11 is 0. The largest absolute Gasteiger partial charge is 0.481 e. The van der Waals surface area contributed by atoms with Crippen molar-refractivity contribution in [2.75, 3.05) is 0 Å². The monoisotopic (exact) mass is 353 g/mol. The molecule has 0 aromatic heterocycles. The van der Waals surface area contributed by atoms with Crippen LogP contribution in [0.3, 0.4) is 0 Å². The van der Waals surface area contributed by atoms with Gasteiger partial charge < -0.3 is 10.2 Å². The molecule has 0 bridgehead atoms. The fourth-order valence-corrected chi connectivity index (χ4v) is 2.36. The fourth-order valence-electron chi connectivity index (χ4n) is 2.36. The molecule has 1 atom stereocenters. The molecule has 0 spiro atoms. The van der Waals surface area contributed by atoms with Crippen LogP contribution < -0.4 is 0 Å². The maximum atomic E-state index is 10.3. The van der Waals surface area contributed by atoms with E-state index in [1.54, 1.807) is 0 Å². The van der Waals surface area contributed by atoms with Gasteiger partial charge in [-0.25, -0.2) is 0 Å². The van der Waals surface area contributed by atoms with E-state index < -0.39 is 5.97 Å². The number of carbonyl (C=O) groups is 1. The summed E-state index contributed by atoms with van der Waals surface area (Å²) < 4.78 is 0. The SMILES string of the molecule is CCCCCC[C@@H](O)C/C=C\CCCCCCCC(=O)O.[Mn]. The van der Waals surface area contributed by atoms with Gasteiger partial charge in [-0.3, -0.25) is 4.79 Å². The number of carboxylic acids is 1. The first-order valence-corrected chi connectivity index (χ1v) is 8.71. The Hall–Kier alpha value is -0.311. The van der Waals surface area contributed by atoms with Crippen LogP contribution in [0, 0.1) is 0 Å². The molecule has 0 amide bonds. The van der Waals surface area contributed by atoms with Gasteiger partial charge >= 0.3 is 5.97 Å². The molecule has 4 heteroatoms. The molecule has 2 N–H and O–H groups in total. The van der Waals surface area contributed by atoms with Crippen LogP contribution in [-0.2, 0) is 21.9 Å². The van der Waals surface area contributed by atoms with Crippen molar-refractivity contribution in [3.63, 3.8) is 0 Å². The molecule has 0 aliphatic rings. The Kier molecular flexibility index (Phi) is 20.4. The third kappa shape index (κ3) is 19.7. The molecule has 0 fully saturated rings. The van der Waals surface area contributed by atoms with E-state index in [0.29, 0.717) is 6.42 Å². The summed E-state index contributed by atoms with van der Waals surface area (Å²) in [5.41, 5.74) is 0. The van der Waals surface area contributed by atoms with E-state index in [4.69, 9.17) is 5.11 Å². The zero-order valence-corrected chi connectivity index (χ0v) is 15.3. The van der Waals surface area contributed by atoms with Crippen LogP contribution in [0.15, 0.2) is 12.2 Å². The van der Waals surface area contributed by atoms with Crippen LogP contribution in [0.1, 0.15) is 90.4 Å². The Balaban J connectivity index is 0. The van der Waals surface area contributed by atoms with Crippen molar-refractivity contribution >= 4 is 5.97 Å². The molecule has 0 aliphatic carbocycles. The molecule has 0 saturated carbocycles. The van der Waals surface area contributed by atoms with Gasteiger partial charge in [0.25, 0.3) is 0 Å². The number of aliphatic carboxylic acids is 1. The molecule has 0 heterocycles. The summed E-state index contributed by atoms with van der Waals surface area (Å²) in [7, 11) is 0. The predicted molar refractivity (Wildman–Crippen MR) is 88.5 cm³/mol. The van der Waals surface area contributed by atoms with Crippen molar-refractivity contribution in [1.29, 1.82) is 0 Å². The number of unbranched alkanes of at least 4 members (excludes halogenated alkanes) is 8. The molecule has 0 aromatic rings. The van der Waals surface area contributed by atoms with Crippen molar-refractivity contribution < 1.29 is 32.1 Å². The molecule has 0 rings (SSSR count). The normalized spacial score (nSPS) is 12.3. The molecule has 1 radical (unpaired) electrons. The molecule has 0 unspecified atom stereocenters. The van der Waals surface area contributed by atoms with Gasteiger partial charge in [0.15, 0.2) is 0 Å². The van der Waals surface area contributed by atoms with E-state index in [2.05, 4.69) is 19.1 Å². The average Bonchev–Trinajstić information content (AvgIpc) is 2.45. The van der Waals surface area contributed by atoms with E-state index in [-0.39, 0.29) is 23.2 Å². The van der Waals surface area contributed by atoms with Crippen molar-refractivity contribution in [2.45, 2.75) is 96.5 Å². The number of aliphatic hydroxyl groups is 1. The molecule has 131 valence electrons. The second-order valence-corrected chi connectivity index (χ2v) is 5.91. The topological polar surface area (TPSA) is 57.5 Å². The Morgan fingerprint density at radius 3 is 2.27 bits per heavy atom. The number of hydrogen-bond donors (Lipinski definition) is 2. The maximum absolute atomic E-state index is 10.3. The van der Waals surface area contributed by atoms with E-state index >= 15 is 0 Å². The quantitative estimate of drug-likeness (QED) is 0.245. The minimum atomic E-state index is -0.689. The first-order chi connectivity index (χ1) is 10.2. The van der Waals surface area contributed by atoms with Crippen LogP contribution in [-0.4, -0.2) is 22.3 Å². The maximum Gasteiger partial charge on any atom is 0.303 e. The second-order valence-electron chi connectivity index (χ2n) is 5.91. The van der Waals surface area contributed by atoms with Crippen LogP contribution in [0.25, 0.3) is 0 Å².